The molecule has 1 aliphatic rings. The second-order valence-corrected chi connectivity index (χ2v) is 7.13. The van der Waals surface area contributed by atoms with E-state index in [1.54, 1.807) is 10.4 Å². The predicted octanol–water partition coefficient (Wildman–Crippen LogP) is 4.91. The van der Waals surface area contributed by atoms with Crippen LogP contribution >= 0.6 is 11.3 Å². The fourth-order valence-corrected chi connectivity index (χ4v) is 4.96. The van der Waals surface area contributed by atoms with E-state index in [-0.39, 0.29) is 0 Å². The first-order chi connectivity index (χ1) is 10.9. The first-order valence-electron chi connectivity index (χ1n) is 8.14. The summed E-state index contributed by atoms with van der Waals surface area (Å²) in [5, 5.41) is 1.47. The molecule has 1 aromatic heterocycles. The van der Waals surface area contributed by atoms with Crippen molar-refractivity contribution in [1.82, 2.24) is 4.90 Å². The van der Waals surface area contributed by atoms with Gasteiger partial charge < -0.3 is 4.90 Å². The molecular weight excluding hydrogens is 286 g/mol. The highest BCUT2D eigenvalue weighted by molar-refractivity contribution is 7.19. The van der Waals surface area contributed by atoms with Gasteiger partial charge in [-0.3, -0.25) is 0 Å². The molecule has 0 saturated carbocycles. The van der Waals surface area contributed by atoms with Crippen LogP contribution in [0.15, 0.2) is 54.6 Å². The first kappa shape index (κ1) is 14.0. The fourth-order valence-electron chi connectivity index (χ4n) is 3.59. The monoisotopic (exact) mass is 307 g/mol. The minimum atomic E-state index is 0.510. The van der Waals surface area contributed by atoms with Crippen LogP contribution in [-0.4, -0.2) is 24.5 Å². The summed E-state index contributed by atoms with van der Waals surface area (Å²) in [6, 6.07) is 19.9. The minimum Gasteiger partial charge on any atom is -0.302 e. The van der Waals surface area contributed by atoms with Crippen molar-refractivity contribution < 1.29 is 0 Å². The molecule has 1 nitrogen and oxygen atoms in total. The van der Waals surface area contributed by atoms with Crippen LogP contribution in [0.25, 0.3) is 10.1 Å². The molecule has 0 amide bonds. The number of hydrogen-bond donors (Lipinski definition) is 0. The molecule has 0 N–H and O–H groups in total. The normalized spacial score (nSPS) is 19.0. The van der Waals surface area contributed by atoms with Crippen molar-refractivity contribution in [1.29, 1.82) is 0 Å². The molecule has 1 aliphatic heterocycles. The Kier molecular flexibility index (Phi) is 3.73. The number of hydrogen-bond acceptors (Lipinski definition) is 2. The van der Waals surface area contributed by atoms with E-state index in [1.165, 1.54) is 28.6 Å². The zero-order chi connectivity index (χ0) is 14.9. The Hall–Kier alpha value is -1.64. The van der Waals surface area contributed by atoms with Crippen molar-refractivity contribution in [3.8, 4) is 0 Å². The van der Waals surface area contributed by atoms with E-state index in [9.17, 15) is 0 Å². The van der Waals surface area contributed by atoms with Crippen LogP contribution < -0.4 is 0 Å². The summed E-state index contributed by atoms with van der Waals surface area (Å²) >= 11 is 2.00. The van der Waals surface area contributed by atoms with E-state index in [1.807, 2.05) is 11.3 Å². The number of rotatable bonds is 2. The van der Waals surface area contributed by atoms with Crippen LogP contribution in [-0.2, 0) is 6.42 Å². The van der Waals surface area contributed by atoms with Crippen molar-refractivity contribution in [2.24, 2.45) is 0 Å². The summed E-state index contributed by atoms with van der Waals surface area (Å²) in [5.74, 6) is 0.510. The second kappa shape index (κ2) is 5.86. The molecule has 0 unspecified atom stereocenters. The average molecular weight is 307 g/mol. The molecule has 112 valence electrons. The quantitative estimate of drug-likeness (QED) is 0.650. The molecule has 4 rings (SSSR count). The Labute approximate surface area is 136 Å². The van der Waals surface area contributed by atoms with Crippen LogP contribution in [0, 0.1) is 0 Å². The van der Waals surface area contributed by atoms with Crippen LogP contribution in [0.1, 0.15) is 28.8 Å². The molecule has 0 saturated heterocycles. The molecule has 2 heteroatoms. The topological polar surface area (TPSA) is 3.24 Å². The summed E-state index contributed by atoms with van der Waals surface area (Å²) < 4.78 is 1.44. The van der Waals surface area contributed by atoms with Gasteiger partial charge in [-0.2, -0.15) is 0 Å². The Morgan fingerprint density at radius 2 is 1.82 bits per heavy atom. The zero-order valence-electron chi connectivity index (χ0n) is 13.0. The Morgan fingerprint density at radius 1 is 1.05 bits per heavy atom. The maximum Gasteiger partial charge on any atom is 0.0348 e. The van der Waals surface area contributed by atoms with Gasteiger partial charge in [0.15, 0.2) is 0 Å². The average Bonchev–Trinajstić information content (AvgIpc) is 2.84. The Morgan fingerprint density at radius 3 is 2.64 bits per heavy atom. The SMILES string of the molecule is CCN1CCc2c(sc3ccccc23)[C@H](c2ccccc2)C1. The van der Waals surface area contributed by atoms with Crippen LogP contribution in [0.2, 0.25) is 0 Å². The van der Waals surface area contributed by atoms with E-state index >= 15 is 0 Å². The van der Waals surface area contributed by atoms with Gasteiger partial charge in [0.2, 0.25) is 0 Å². The third-order valence-corrected chi connectivity index (χ3v) is 6.14. The van der Waals surface area contributed by atoms with Gasteiger partial charge in [0.1, 0.15) is 0 Å². The molecule has 2 aromatic carbocycles. The van der Waals surface area contributed by atoms with E-state index in [0.717, 1.165) is 13.1 Å². The van der Waals surface area contributed by atoms with Crippen molar-refractivity contribution in [2.75, 3.05) is 19.6 Å². The molecule has 1 atom stereocenters. The number of fused-ring (bicyclic) bond motifs is 3. The minimum absolute atomic E-state index is 0.510. The van der Waals surface area contributed by atoms with Gasteiger partial charge in [0.05, 0.1) is 0 Å². The summed E-state index contributed by atoms with van der Waals surface area (Å²) in [5.41, 5.74) is 3.04. The van der Waals surface area contributed by atoms with E-state index in [4.69, 9.17) is 0 Å². The van der Waals surface area contributed by atoms with Gasteiger partial charge in [-0.15, -0.1) is 11.3 Å². The lowest BCUT2D eigenvalue weighted by Gasteiger charge is -2.23. The predicted molar refractivity (Wildman–Crippen MR) is 95.9 cm³/mol. The van der Waals surface area contributed by atoms with Crippen LogP contribution in [0.3, 0.4) is 0 Å². The van der Waals surface area contributed by atoms with Crippen molar-refractivity contribution in [3.63, 3.8) is 0 Å². The molecule has 0 fully saturated rings. The molecule has 0 bridgehead atoms. The Bertz CT molecular complexity index is 775. The summed E-state index contributed by atoms with van der Waals surface area (Å²) in [6.45, 7) is 5.73. The summed E-state index contributed by atoms with van der Waals surface area (Å²) in [4.78, 5) is 4.18. The number of thiophene rings is 1. The lowest BCUT2D eigenvalue weighted by molar-refractivity contribution is 0.292. The molecule has 0 radical (unpaired) electrons. The van der Waals surface area contributed by atoms with Gasteiger partial charge in [-0.25, -0.2) is 0 Å². The van der Waals surface area contributed by atoms with E-state index in [2.05, 4.69) is 66.4 Å². The highest BCUT2D eigenvalue weighted by Gasteiger charge is 2.27. The van der Waals surface area contributed by atoms with E-state index in [0.29, 0.717) is 5.92 Å². The maximum absolute atomic E-state index is 2.60. The van der Waals surface area contributed by atoms with E-state index < -0.39 is 0 Å². The fraction of sp³-hybridized carbons (Fsp3) is 0.300. The number of likely N-dealkylation sites (N-methyl/N-ethyl adjacent to an activating group) is 1. The second-order valence-electron chi connectivity index (χ2n) is 6.05. The zero-order valence-corrected chi connectivity index (χ0v) is 13.8. The molecule has 0 aliphatic carbocycles. The molecule has 3 aromatic rings. The molecular formula is C20H21NS. The van der Waals surface area contributed by atoms with Crippen LogP contribution in [0.5, 0.6) is 0 Å². The highest BCUT2D eigenvalue weighted by atomic mass is 32.1. The van der Waals surface area contributed by atoms with Gasteiger partial charge in [0, 0.05) is 28.6 Å². The largest absolute Gasteiger partial charge is 0.302 e. The number of nitrogens with zero attached hydrogens (tertiary/aromatic N) is 1. The van der Waals surface area contributed by atoms with Crippen molar-refractivity contribution in [2.45, 2.75) is 19.3 Å². The number of benzene rings is 2. The lowest BCUT2D eigenvalue weighted by Crippen LogP contribution is -2.28. The lowest BCUT2D eigenvalue weighted by atomic mass is 9.94. The van der Waals surface area contributed by atoms with Crippen molar-refractivity contribution >= 4 is 21.4 Å². The van der Waals surface area contributed by atoms with Crippen molar-refractivity contribution in [3.05, 3.63) is 70.6 Å². The molecule has 22 heavy (non-hydrogen) atoms. The maximum atomic E-state index is 2.60. The molecule has 2 heterocycles. The molecule has 0 spiro atoms. The Balaban J connectivity index is 1.89. The van der Waals surface area contributed by atoms with Gasteiger partial charge in [-0.1, -0.05) is 55.5 Å². The van der Waals surface area contributed by atoms with Gasteiger partial charge >= 0.3 is 0 Å². The van der Waals surface area contributed by atoms with Gasteiger partial charge in [0.25, 0.3) is 0 Å². The van der Waals surface area contributed by atoms with Gasteiger partial charge in [-0.05, 0) is 35.5 Å². The summed E-state index contributed by atoms with van der Waals surface area (Å²) in [6.07, 6.45) is 1.18. The third kappa shape index (κ3) is 2.37. The summed E-state index contributed by atoms with van der Waals surface area (Å²) in [7, 11) is 0. The standard InChI is InChI=1S/C20H21NS/c1-2-21-13-12-17-16-10-6-7-11-19(16)22-20(17)18(14-21)15-8-4-3-5-9-15/h3-11,18H,2,12-14H2,1H3/t18-/m0/s1. The highest BCUT2D eigenvalue weighted by Crippen LogP contribution is 2.41. The smallest absolute Gasteiger partial charge is 0.0348 e. The van der Waals surface area contributed by atoms with Crippen LogP contribution in [0.4, 0.5) is 0 Å². The third-order valence-electron chi connectivity index (χ3n) is 4.81. The first-order valence-corrected chi connectivity index (χ1v) is 8.96.